The number of hydrogen-bond donors (Lipinski definition) is 4. The van der Waals surface area contributed by atoms with Gasteiger partial charge in [-0.25, -0.2) is 4.99 Å². The lowest BCUT2D eigenvalue weighted by atomic mass is 9.80. The van der Waals surface area contributed by atoms with Gasteiger partial charge in [0, 0.05) is 18.9 Å². The van der Waals surface area contributed by atoms with Gasteiger partial charge in [-0.05, 0) is 18.3 Å². The van der Waals surface area contributed by atoms with Crippen molar-refractivity contribution in [1.29, 1.82) is 0 Å². The van der Waals surface area contributed by atoms with E-state index >= 15 is 0 Å². The van der Waals surface area contributed by atoms with E-state index in [4.69, 9.17) is 11.5 Å². The Balaban J connectivity index is 3.10. The highest BCUT2D eigenvalue weighted by molar-refractivity contribution is 5.76. The number of nitrogens with zero attached hydrogens (tertiary/aromatic N) is 1. The van der Waals surface area contributed by atoms with Crippen LogP contribution >= 0.6 is 0 Å². The van der Waals surface area contributed by atoms with E-state index in [1.165, 1.54) is 6.92 Å². The molecule has 5 atom stereocenters. The molecule has 0 aromatic rings. The lowest BCUT2D eigenvalue weighted by Crippen LogP contribution is -2.50. The molecule has 6 N–H and O–H groups in total. The molecule has 0 heterocycles. The smallest absolute Gasteiger partial charge is 0.217 e. The average Bonchev–Trinajstić information content (AvgIpc) is 2.63. The number of aliphatic hydroxyl groups excluding tert-OH is 1. The Labute approximate surface area is 127 Å². The number of hydrogen-bond acceptors (Lipinski definition) is 3. The fourth-order valence-corrected chi connectivity index (χ4v) is 3.63. The molecule has 1 amide bonds. The summed E-state index contributed by atoms with van der Waals surface area (Å²) in [5.41, 5.74) is 11.1. The number of aliphatic imine (C=N–C) groups is 1. The Morgan fingerprint density at radius 1 is 1.38 bits per heavy atom. The lowest BCUT2D eigenvalue weighted by molar-refractivity contribution is -0.120. The van der Waals surface area contributed by atoms with Crippen LogP contribution in [0.1, 0.15) is 47.0 Å². The Morgan fingerprint density at radius 2 is 1.95 bits per heavy atom. The van der Waals surface area contributed by atoms with Crippen LogP contribution in [0.4, 0.5) is 0 Å². The maximum atomic E-state index is 11.6. The first kappa shape index (κ1) is 17.8. The van der Waals surface area contributed by atoms with Crippen LogP contribution in [-0.4, -0.2) is 35.2 Å². The number of nitrogens with one attached hydrogen (secondary N) is 1. The summed E-state index contributed by atoms with van der Waals surface area (Å²) in [5, 5.41) is 13.6. The molecule has 6 heteroatoms. The van der Waals surface area contributed by atoms with Gasteiger partial charge in [-0.15, -0.1) is 0 Å². The van der Waals surface area contributed by atoms with Gasteiger partial charge in [0.1, 0.15) is 0 Å². The van der Waals surface area contributed by atoms with Crippen LogP contribution in [0.25, 0.3) is 0 Å². The molecular weight excluding hydrogens is 268 g/mol. The summed E-state index contributed by atoms with van der Waals surface area (Å²) in [6, 6.07) is -0.247. The Kier molecular flexibility index (Phi) is 6.45. The normalized spacial score (nSPS) is 30.2. The summed E-state index contributed by atoms with van der Waals surface area (Å²) in [6.07, 6.45) is 2.11. The molecule has 0 spiro atoms. The Morgan fingerprint density at radius 3 is 2.38 bits per heavy atom. The van der Waals surface area contributed by atoms with Crippen LogP contribution in [0.15, 0.2) is 4.99 Å². The minimum absolute atomic E-state index is 0.0393. The van der Waals surface area contributed by atoms with E-state index in [2.05, 4.69) is 24.2 Å². The molecule has 1 fully saturated rings. The molecule has 21 heavy (non-hydrogen) atoms. The van der Waals surface area contributed by atoms with Crippen molar-refractivity contribution in [2.45, 2.75) is 65.1 Å². The first-order valence-corrected chi connectivity index (χ1v) is 7.85. The van der Waals surface area contributed by atoms with Crippen molar-refractivity contribution in [3.8, 4) is 0 Å². The van der Waals surface area contributed by atoms with E-state index in [-0.39, 0.29) is 35.8 Å². The summed E-state index contributed by atoms with van der Waals surface area (Å²) < 4.78 is 0. The number of aliphatic hydroxyl groups is 1. The topological polar surface area (TPSA) is 114 Å². The van der Waals surface area contributed by atoms with Crippen LogP contribution in [-0.2, 0) is 4.79 Å². The van der Waals surface area contributed by atoms with Gasteiger partial charge < -0.3 is 21.9 Å². The zero-order valence-corrected chi connectivity index (χ0v) is 13.5. The van der Waals surface area contributed by atoms with Crippen LogP contribution < -0.4 is 16.8 Å². The maximum Gasteiger partial charge on any atom is 0.217 e. The molecule has 0 aromatic carbocycles. The van der Waals surface area contributed by atoms with Gasteiger partial charge in [0.15, 0.2) is 5.96 Å². The third-order valence-corrected chi connectivity index (χ3v) is 4.69. The average molecular weight is 298 g/mol. The van der Waals surface area contributed by atoms with Crippen molar-refractivity contribution in [3.05, 3.63) is 0 Å². The molecular formula is C15H30N4O2. The minimum atomic E-state index is -0.504. The van der Waals surface area contributed by atoms with E-state index in [0.29, 0.717) is 5.92 Å². The third-order valence-electron chi connectivity index (χ3n) is 4.69. The largest absolute Gasteiger partial charge is 0.392 e. The summed E-state index contributed by atoms with van der Waals surface area (Å²) in [4.78, 5) is 15.9. The number of guanidine groups is 1. The second-order valence-electron chi connectivity index (χ2n) is 6.21. The Hall–Kier alpha value is -1.30. The van der Waals surface area contributed by atoms with Crippen molar-refractivity contribution in [2.75, 3.05) is 0 Å². The van der Waals surface area contributed by atoms with E-state index in [0.717, 1.165) is 19.3 Å². The number of carbonyl (C=O) groups excluding carboxylic acids is 1. The van der Waals surface area contributed by atoms with Crippen LogP contribution in [0.2, 0.25) is 0 Å². The van der Waals surface area contributed by atoms with E-state index < -0.39 is 6.10 Å². The molecule has 0 radical (unpaired) electrons. The molecule has 1 saturated carbocycles. The van der Waals surface area contributed by atoms with Gasteiger partial charge in [0.05, 0.1) is 12.1 Å². The zero-order chi connectivity index (χ0) is 16.2. The van der Waals surface area contributed by atoms with E-state index in [1.807, 2.05) is 6.92 Å². The second kappa shape index (κ2) is 7.64. The highest BCUT2D eigenvalue weighted by Gasteiger charge is 2.46. The molecule has 1 unspecified atom stereocenters. The van der Waals surface area contributed by atoms with Crippen molar-refractivity contribution in [1.82, 2.24) is 5.32 Å². The minimum Gasteiger partial charge on any atom is -0.392 e. The van der Waals surface area contributed by atoms with Gasteiger partial charge in [-0.3, -0.25) is 4.79 Å². The molecule has 1 aliphatic carbocycles. The Bertz CT molecular complexity index is 378. The monoisotopic (exact) mass is 298 g/mol. The number of carbonyl (C=O) groups is 1. The van der Waals surface area contributed by atoms with Crippen molar-refractivity contribution in [2.24, 2.45) is 34.2 Å². The first-order chi connectivity index (χ1) is 9.81. The number of rotatable bonds is 6. The number of amides is 1. The zero-order valence-electron chi connectivity index (χ0n) is 13.5. The standard InChI is InChI=1S/C15H30N4O2/c1-5-10(6-2)13(18-9(4)20)12-11(19-15(16)17)7-8(3)14(12)21/h8,10-14,21H,5-7H2,1-4H3,(H,18,20)(H4,16,17,19)/t8-,11+,12+,13?,14+/m0/s1. The van der Waals surface area contributed by atoms with E-state index in [1.54, 1.807) is 0 Å². The molecule has 0 bridgehead atoms. The fraction of sp³-hybridized carbons (Fsp3) is 0.867. The van der Waals surface area contributed by atoms with Gasteiger partial charge in [-0.1, -0.05) is 33.6 Å². The van der Waals surface area contributed by atoms with Gasteiger partial charge in [0.2, 0.25) is 5.91 Å². The van der Waals surface area contributed by atoms with Gasteiger partial charge in [-0.2, -0.15) is 0 Å². The van der Waals surface area contributed by atoms with Crippen molar-refractivity contribution >= 4 is 11.9 Å². The number of nitrogens with two attached hydrogens (primary N) is 2. The molecule has 122 valence electrons. The predicted octanol–water partition coefficient (Wildman–Crippen LogP) is 0.586. The highest BCUT2D eigenvalue weighted by Crippen LogP contribution is 2.39. The molecule has 0 aliphatic heterocycles. The summed E-state index contributed by atoms with van der Waals surface area (Å²) in [6.45, 7) is 7.71. The lowest BCUT2D eigenvalue weighted by Gasteiger charge is -2.35. The fourth-order valence-electron chi connectivity index (χ4n) is 3.63. The maximum absolute atomic E-state index is 11.6. The molecule has 0 saturated heterocycles. The van der Waals surface area contributed by atoms with Crippen molar-refractivity contribution in [3.63, 3.8) is 0 Å². The molecule has 1 aliphatic rings. The van der Waals surface area contributed by atoms with Gasteiger partial charge >= 0.3 is 0 Å². The summed E-state index contributed by atoms with van der Waals surface area (Å²) in [7, 11) is 0. The van der Waals surface area contributed by atoms with E-state index in [9.17, 15) is 9.90 Å². The van der Waals surface area contributed by atoms with Crippen LogP contribution in [0, 0.1) is 17.8 Å². The summed E-state index contributed by atoms with van der Waals surface area (Å²) >= 11 is 0. The van der Waals surface area contributed by atoms with Crippen molar-refractivity contribution < 1.29 is 9.90 Å². The summed E-state index contributed by atoms with van der Waals surface area (Å²) in [5.74, 6) is 0.236. The quantitative estimate of drug-likeness (QED) is 0.424. The molecule has 6 nitrogen and oxygen atoms in total. The highest BCUT2D eigenvalue weighted by atomic mass is 16.3. The first-order valence-electron chi connectivity index (χ1n) is 7.85. The molecule has 0 aromatic heterocycles. The predicted molar refractivity (Wildman–Crippen MR) is 84.6 cm³/mol. The SMILES string of the molecule is CCC(CC)C(NC(C)=O)[C@@H]1[C@H](O)[C@@H](C)C[C@H]1N=C(N)N. The van der Waals surface area contributed by atoms with Crippen LogP contribution in [0.3, 0.4) is 0 Å². The second-order valence-corrected chi connectivity index (χ2v) is 6.21. The third kappa shape index (κ3) is 4.33. The van der Waals surface area contributed by atoms with Gasteiger partial charge in [0.25, 0.3) is 0 Å². The van der Waals surface area contributed by atoms with Crippen LogP contribution in [0.5, 0.6) is 0 Å². The molecule has 1 rings (SSSR count).